The molecule has 2 aromatic rings. The molecule has 0 atom stereocenters. The van der Waals surface area contributed by atoms with Gasteiger partial charge in [-0.1, -0.05) is 23.7 Å². The number of rotatable bonds is 5. The number of alkyl halides is 3. The molecule has 0 unspecified atom stereocenters. The van der Waals surface area contributed by atoms with Crippen LogP contribution in [0.25, 0.3) is 11.1 Å². The fraction of sp³-hybridized carbons (Fsp3) is 0.250. The Kier molecular flexibility index (Phi) is 5.26. The van der Waals surface area contributed by atoms with Gasteiger partial charge < -0.3 is 4.74 Å². The van der Waals surface area contributed by atoms with Crippen molar-refractivity contribution in [2.45, 2.75) is 19.5 Å². The van der Waals surface area contributed by atoms with E-state index >= 15 is 0 Å². The maximum absolute atomic E-state index is 12.4. The first-order valence-electron chi connectivity index (χ1n) is 6.68. The zero-order valence-electron chi connectivity index (χ0n) is 12.2. The molecule has 1 aromatic carbocycles. The molecule has 0 aliphatic rings. The zero-order valence-corrected chi connectivity index (χ0v) is 12.9. The highest BCUT2D eigenvalue weighted by atomic mass is 35.5. The molecule has 0 aliphatic heterocycles. The maximum atomic E-state index is 12.4. The van der Waals surface area contributed by atoms with E-state index in [9.17, 15) is 18.0 Å². The van der Waals surface area contributed by atoms with E-state index in [0.717, 1.165) is 0 Å². The van der Waals surface area contributed by atoms with E-state index in [1.54, 1.807) is 30.3 Å². The van der Waals surface area contributed by atoms with E-state index in [1.807, 2.05) is 0 Å². The Morgan fingerprint density at radius 1 is 1.26 bits per heavy atom. The Bertz CT molecular complexity index is 699. The summed E-state index contributed by atoms with van der Waals surface area (Å²) in [5.41, 5.74) is 1.58. The Hall–Kier alpha value is -2.08. The molecule has 0 spiro atoms. The number of pyridine rings is 1. The molecule has 0 amide bonds. The van der Waals surface area contributed by atoms with Crippen LogP contribution < -0.4 is 4.74 Å². The molecule has 0 fully saturated rings. The van der Waals surface area contributed by atoms with Gasteiger partial charge in [0.15, 0.2) is 6.61 Å². The van der Waals surface area contributed by atoms with Gasteiger partial charge in [-0.25, -0.2) is 4.98 Å². The van der Waals surface area contributed by atoms with Gasteiger partial charge in [-0.3, -0.25) is 4.79 Å². The summed E-state index contributed by atoms with van der Waals surface area (Å²) in [4.78, 5) is 15.1. The second-order valence-corrected chi connectivity index (χ2v) is 5.42. The minimum atomic E-state index is -4.46. The van der Waals surface area contributed by atoms with E-state index < -0.39 is 12.8 Å². The number of benzene rings is 1. The van der Waals surface area contributed by atoms with E-state index in [-0.39, 0.29) is 18.1 Å². The van der Waals surface area contributed by atoms with Crippen molar-refractivity contribution in [3.05, 3.63) is 47.1 Å². The normalized spacial score (nSPS) is 11.3. The van der Waals surface area contributed by atoms with Crippen LogP contribution in [0.5, 0.6) is 5.88 Å². The molecular formula is C16H13ClF3NO2. The number of ether oxygens (including phenoxy) is 1. The molecule has 0 saturated heterocycles. The third-order valence-electron chi connectivity index (χ3n) is 2.89. The van der Waals surface area contributed by atoms with Gasteiger partial charge in [-0.05, 0) is 36.2 Å². The number of Topliss-reactive ketones (excluding diaryl/α,β-unsaturated/α-hetero) is 1. The maximum Gasteiger partial charge on any atom is 0.422 e. The summed E-state index contributed by atoms with van der Waals surface area (Å²) < 4.78 is 41.9. The van der Waals surface area contributed by atoms with Crippen molar-refractivity contribution in [2.75, 3.05) is 6.61 Å². The lowest BCUT2D eigenvalue weighted by Gasteiger charge is -2.13. The largest absolute Gasteiger partial charge is 0.468 e. The van der Waals surface area contributed by atoms with Crippen LogP contribution in [0.3, 0.4) is 0 Å². The van der Waals surface area contributed by atoms with Gasteiger partial charge in [0.25, 0.3) is 0 Å². The first-order valence-corrected chi connectivity index (χ1v) is 7.06. The highest BCUT2D eigenvalue weighted by molar-refractivity contribution is 6.30. The topological polar surface area (TPSA) is 39.2 Å². The van der Waals surface area contributed by atoms with Gasteiger partial charge in [-0.2, -0.15) is 13.2 Å². The molecule has 0 aliphatic carbocycles. The lowest BCUT2D eigenvalue weighted by molar-refractivity contribution is -0.154. The van der Waals surface area contributed by atoms with Crippen molar-refractivity contribution in [1.82, 2.24) is 4.98 Å². The minimum absolute atomic E-state index is 0.0715. The highest BCUT2D eigenvalue weighted by Gasteiger charge is 2.29. The molecule has 1 aromatic heterocycles. The van der Waals surface area contributed by atoms with Crippen molar-refractivity contribution in [3.8, 4) is 17.0 Å². The van der Waals surface area contributed by atoms with Crippen molar-refractivity contribution >= 4 is 17.4 Å². The third kappa shape index (κ3) is 5.25. The standard InChI is InChI=1S/C16H13ClF3NO2/c1-10(22)6-11-7-14(12-2-4-13(17)5-3-12)15(21-8-11)23-9-16(18,19)20/h2-5,7-8H,6,9H2,1H3. The average Bonchev–Trinajstić information content (AvgIpc) is 2.45. The molecule has 0 saturated carbocycles. The van der Waals surface area contributed by atoms with Crippen LogP contribution in [0.15, 0.2) is 36.5 Å². The second-order valence-electron chi connectivity index (χ2n) is 4.99. The molecule has 7 heteroatoms. The average molecular weight is 344 g/mol. The molecule has 122 valence electrons. The monoisotopic (exact) mass is 343 g/mol. The fourth-order valence-corrected chi connectivity index (χ4v) is 2.11. The number of hydrogen-bond acceptors (Lipinski definition) is 3. The zero-order chi connectivity index (χ0) is 17.0. The Balaban J connectivity index is 2.40. The van der Waals surface area contributed by atoms with Gasteiger partial charge >= 0.3 is 6.18 Å². The molecule has 1 heterocycles. The summed E-state index contributed by atoms with van der Waals surface area (Å²) in [6.45, 7) is -0.0112. The number of ketones is 1. The molecule has 0 N–H and O–H groups in total. The summed E-state index contributed by atoms with van der Waals surface area (Å²) in [6, 6.07) is 8.13. The van der Waals surface area contributed by atoms with E-state index in [0.29, 0.717) is 21.7 Å². The Labute approximate surface area is 136 Å². The van der Waals surface area contributed by atoms with Crippen molar-refractivity contribution < 1.29 is 22.7 Å². The van der Waals surface area contributed by atoms with Crippen molar-refractivity contribution in [3.63, 3.8) is 0 Å². The summed E-state index contributed by atoms with van der Waals surface area (Å²) in [5, 5.41) is 0.499. The predicted molar refractivity (Wildman–Crippen MR) is 80.6 cm³/mol. The van der Waals surface area contributed by atoms with Crippen LogP contribution in [0, 0.1) is 0 Å². The summed E-state index contributed by atoms with van der Waals surface area (Å²) in [5.74, 6) is -0.213. The quantitative estimate of drug-likeness (QED) is 0.803. The highest BCUT2D eigenvalue weighted by Crippen LogP contribution is 2.31. The number of hydrogen-bond donors (Lipinski definition) is 0. The number of nitrogens with zero attached hydrogens (tertiary/aromatic N) is 1. The number of carbonyl (C=O) groups is 1. The minimum Gasteiger partial charge on any atom is -0.468 e. The van der Waals surface area contributed by atoms with E-state index in [2.05, 4.69) is 4.98 Å². The molecule has 0 radical (unpaired) electrons. The lowest BCUT2D eigenvalue weighted by Crippen LogP contribution is -2.20. The van der Waals surface area contributed by atoms with E-state index in [1.165, 1.54) is 13.1 Å². The molecule has 23 heavy (non-hydrogen) atoms. The molecular weight excluding hydrogens is 331 g/mol. The van der Waals surface area contributed by atoms with Crippen LogP contribution in [0.1, 0.15) is 12.5 Å². The Morgan fingerprint density at radius 2 is 1.91 bits per heavy atom. The van der Waals surface area contributed by atoms with Crippen LogP contribution >= 0.6 is 11.6 Å². The van der Waals surface area contributed by atoms with Gasteiger partial charge in [0, 0.05) is 23.2 Å². The summed E-state index contributed by atoms with van der Waals surface area (Å²) >= 11 is 5.82. The van der Waals surface area contributed by atoms with Crippen LogP contribution in [-0.2, 0) is 11.2 Å². The first kappa shape index (κ1) is 17.3. The van der Waals surface area contributed by atoms with E-state index in [4.69, 9.17) is 16.3 Å². The number of halogens is 4. The van der Waals surface area contributed by atoms with Crippen LogP contribution in [-0.4, -0.2) is 23.6 Å². The first-order chi connectivity index (χ1) is 10.7. The van der Waals surface area contributed by atoms with Gasteiger partial charge in [0.2, 0.25) is 5.88 Å². The smallest absolute Gasteiger partial charge is 0.422 e. The van der Waals surface area contributed by atoms with Gasteiger partial charge in [0.05, 0.1) is 0 Å². The Morgan fingerprint density at radius 3 is 2.48 bits per heavy atom. The molecule has 3 nitrogen and oxygen atoms in total. The number of carbonyl (C=O) groups excluding carboxylic acids is 1. The van der Waals surface area contributed by atoms with Gasteiger partial charge in [-0.15, -0.1) is 0 Å². The van der Waals surface area contributed by atoms with Gasteiger partial charge in [0.1, 0.15) is 5.78 Å². The second kappa shape index (κ2) is 7.00. The molecule has 0 bridgehead atoms. The SMILES string of the molecule is CC(=O)Cc1cnc(OCC(F)(F)F)c(-c2ccc(Cl)cc2)c1. The predicted octanol–water partition coefficient (Wildman–Crippen LogP) is 4.47. The van der Waals surface area contributed by atoms with Crippen LogP contribution in [0.2, 0.25) is 5.02 Å². The van der Waals surface area contributed by atoms with Crippen molar-refractivity contribution in [1.29, 1.82) is 0 Å². The summed E-state index contributed by atoms with van der Waals surface area (Å²) in [7, 11) is 0. The summed E-state index contributed by atoms with van der Waals surface area (Å²) in [6.07, 6.45) is -2.98. The lowest BCUT2D eigenvalue weighted by atomic mass is 10.0. The van der Waals surface area contributed by atoms with Crippen LogP contribution in [0.4, 0.5) is 13.2 Å². The van der Waals surface area contributed by atoms with Crippen molar-refractivity contribution in [2.24, 2.45) is 0 Å². The third-order valence-corrected chi connectivity index (χ3v) is 3.14. The number of aromatic nitrogens is 1. The fourth-order valence-electron chi connectivity index (χ4n) is 1.98. The molecule has 2 rings (SSSR count).